The summed E-state index contributed by atoms with van der Waals surface area (Å²) in [6.07, 6.45) is 3.15. The van der Waals surface area contributed by atoms with Gasteiger partial charge in [0.05, 0.1) is 0 Å². The van der Waals surface area contributed by atoms with E-state index in [1.165, 1.54) is 11.3 Å². The molecule has 0 saturated carbocycles. The van der Waals surface area contributed by atoms with Gasteiger partial charge < -0.3 is 0 Å². The van der Waals surface area contributed by atoms with Crippen LogP contribution in [0, 0.1) is 13.8 Å². The van der Waals surface area contributed by atoms with Crippen LogP contribution in [0.2, 0.25) is 0 Å². The Bertz CT molecular complexity index is 607. The zero-order valence-electron chi connectivity index (χ0n) is 12.1. The highest BCUT2D eigenvalue weighted by atomic mass is 32.1. The fraction of sp³-hybridized carbons (Fsp3) is 0.400. The molecule has 20 heavy (non-hydrogen) atoms. The molecule has 4 nitrogen and oxygen atoms in total. The summed E-state index contributed by atoms with van der Waals surface area (Å²) in [5.74, 6) is -0.124. The molecule has 106 valence electrons. The van der Waals surface area contributed by atoms with Crippen LogP contribution in [0.1, 0.15) is 46.3 Å². The molecule has 0 aliphatic rings. The maximum Gasteiger partial charge on any atom is 0.257 e. The lowest BCUT2D eigenvalue weighted by molar-refractivity contribution is 0.102. The maximum atomic E-state index is 12.2. The lowest BCUT2D eigenvalue weighted by Crippen LogP contribution is -2.13. The molecule has 0 spiro atoms. The van der Waals surface area contributed by atoms with Crippen LogP contribution < -0.4 is 5.32 Å². The summed E-state index contributed by atoms with van der Waals surface area (Å²) in [5.41, 5.74) is 2.80. The van der Waals surface area contributed by atoms with E-state index in [2.05, 4.69) is 22.4 Å². The summed E-state index contributed by atoms with van der Waals surface area (Å²) in [4.78, 5) is 12.2. The highest BCUT2D eigenvalue weighted by Crippen LogP contribution is 2.19. The second-order valence-corrected chi connectivity index (χ2v) is 5.94. The molecule has 0 aliphatic carbocycles. The molecule has 1 amide bonds. The monoisotopic (exact) mass is 289 g/mol. The van der Waals surface area contributed by atoms with Gasteiger partial charge in [0.1, 0.15) is 5.01 Å². The Morgan fingerprint density at radius 1 is 1.30 bits per heavy atom. The largest absolute Gasteiger partial charge is 0.296 e. The van der Waals surface area contributed by atoms with E-state index in [0.717, 1.165) is 35.4 Å². The predicted molar refractivity (Wildman–Crippen MR) is 82.4 cm³/mol. The summed E-state index contributed by atoms with van der Waals surface area (Å²) in [7, 11) is 0. The Morgan fingerprint density at radius 3 is 2.80 bits per heavy atom. The van der Waals surface area contributed by atoms with Crippen molar-refractivity contribution in [2.24, 2.45) is 0 Å². The van der Waals surface area contributed by atoms with Crippen molar-refractivity contribution in [3.05, 3.63) is 39.9 Å². The van der Waals surface area contributed by atoms with Gasteiger partial charge in [-0.1, -0.05) is 42.4 Å². The smallest absolute Gasteiger partial charge is 0.257 e. The number of nitrogens with zero attached hydrogens (tertiary/aromatic N) is 2. The van der Waals surface area contributed by atoms with E-state index in [9.17, 15) is 4.79 Å². The van der Waals surface area contributed by atoms with E-state index < -0.39 is 0 Å². The summed E-state index contributed by atoms with van der Waals surface area (Å²) in [5, 5.41) is 12.5. The second kappa shape index (κ2) is 6.61. The molecular weight excluding hydrogens is 270 g/mol. The van der Waals surface area contributed by atoms with Gasteiger partial charge in [0.2, 0.25) is 5.13 Å². The van der Waals surface area contributed by atoms with Crippen molar-refractivity contribution in [1.82, 2.24) is 10.2 Å². The zero-order chi connectivity index (χ0) is 14.5. The van der Waals surface area contributed by atoms with Crippen molar-refractivity contribution < 1.29 is 4.79 Å². The summed E-state index contributed by atoms with van der Waals surface area (Å²) in [6, 6.07) is 5.79. The number of rotatable bonds is 5. The summed E-state index contributed by atoms with van der Waals surface area (Å²) >= 11 is 1.45. The quantitative estimate of drug-likeness (QED) is 0.912. The van der Waals surface area contributed by atoms with Crippen LogP contribution >= 0.6 is 11.3 Å². The summed E-state index contributed by atoms with van der Waals surface area (Å²) < 4.78 is 0. The van der Waals surface area contributed by atoms with Crippen LogP contribution in [-0.4, -0.2) is 16.1 Å². The average Bonchev–Trinajstić information content (AvgIpc) is 2.83. The van der Waals surface area contributed by atoms with Crippen molar-refractivity contribution >= 4 is 22.4 Å². The first-order valence-electron chi connectivity index (χ1n) is 6.81. The van der Waals surface area contributed by atoms with Crippen molar-refractivity contribution in [3.8, 4) is 0 Å². The normalized spacial score (nSPS) is 10.6. The van der Waals surface area contributed by atoms with Gasteiger partial charge in [0.25, 0.3) is 5.91 Å². The van der Waals surface area contributed by atoms with E-state index in [1.807, 2.05) is 32.0 Å². The molecule has 0 bridgehead atoms. The third-order valence-electron chi connectivity index (χ3n) is 3.06. The number of amides is 1. The highest BCUT2D eigenvalue weighted by Gasteiger charge is 2.12. The number of nitrogens with one attached hydrogen (secondary N) is 1. The lowest BCUT2D eigenvalue weighted by Gasteiger charge is -2.05. The van der Waals surface area contributed by atoms with Gasteiger partial charge in [0, 0.05) is 12.0 Å². The van der Waals surface area contributed by atoms with Gasteiger partial charge in [-0.15, -0.1) is 10.2 Å². The molecule has 1 aromatic carbocycles. The zero-order valence-corrected chi connectivity index (χ0v) is 12.9. The number of carbonyl (C=O) groups excluding carboxylic acids is 1. The number of hydrogen-bond acceptors (Lipinski definition) is 4. The minimum Gasteiger partial charge on any atom is -0.296 e. The SMILES string of the molecule is CCCCc1nnc(NC(=O)c2ccc(C)cc2C)s1. The van der Waals surface area contributed by atoms with E-state index in [-0.39, 0.29) is 5.91 Å². The molecule has 0 aliphatic heterocycles. The standard InChI is InChI=1S/C15H19N3OS/c1-4-5-6-13-17-18-15(20-13)16-14(19)12-8-7-10(2)9-11(12)3/h7-9H,4-6H2,1-3H3,(H,16,18,19). The van der Waals surface area contributed by atoms with Crippen molar-refractivity contribution in [1.29, 1.82) is 0 Å². The van der Waals surface area contributed by atoms with E-state index in [1.54, 1.807) is 0 Å². The van der Waals surface area contributed by atoms with Crippen LogP contribution in [0.3, 0.4) is 0 Å². The third-order valence-corrected chi connectivity index (χ3v) is 3.96. The van der Waals surface area contributed by atoms with Gasteiger partial charge in [-0.3, -0.25) is 10.1 Å². The van der Waals surface area contributed by atoms with Crippen molar-refractivity contribution in [2.45, 2.75) is 40.0 Å². The molecule has 0 radical (unpaired) electrons. The molecule has 2 rings (SSSR count). The Kier molecular flexibility index (Phi) is 4.84. The topological polar surface area (TPSA) is 54.9 Å². The molecule has 0 saturated heterocycles. The van der Waals surface area contributed by atoms with E-state index in [4.69, 9.17) is 0 Å². The van der Waals surface area contributed by atoms with Crippen LogP contribution in [0.25, 0.3) is 0 Å². The number of anilines is 1. The molecule has 0 fully saturated rings. The molecular formula is C15H19N3OS. The van der Waals surface area contributed by atoms with Gasteiger partial charge in [-0.2, -0.15) is 0 Å². The van der Waals surface area contributed by atoms with Crippen LogP contribution in [-0.2, 0) is 6.42 Å². The molecule has 1 N–H and O–H groups in total. The highest BCUT2D eigenvalue weighted by molar-refractivity contribution is 7.15. The Balaban J connectivity index is 2.05. The molecule has 1 heterocycles. The first-order chi connectivity index (χ1) is 9.60. The summed E-state index contributed by atoms with van der Waals surface area (Å²) in [6.45, 7) is 6.10. The number of unbranched alkanes of at least 4 members (excludes halogenated alkanes) is 1. The Labute approximate surface area is 123 Å². The number of aromatic nitrogens is 2. The lowest BCUT2D eigenvalue weighted by atomic mass is 10.1. The first-order valence-corrected chi connectivity index (χ1v) is 7.62. The number of aryl methyl sites for hydroxylation is 3. The van der Waals surface area contributed by atoms with Crippen molar-refractivity contribution in [3.63, 3.8) is 0 Å². The predicted octanol–water partition coefficient (Wildman–Crippen LogP) is 3.75. The van der Waals surface area contributed by atoms with Crippen LogP contribution in [0.15, 0.2) is 18.2 Å². The minimum absolute atomic E-state index is 0.124. The van der Waals surface area contributed by atoms with E-state index in [0.29, 0.717) is 10.7 Å². The first kappa shape index (κ1) is 14.7. The number of carbonyl (C=O) groups is 1. The van der Waals surface area contributed by atoms with Gasteiger partial charge >= 0.3 is 0 Å². The Hall–Kier alpha value is -1.75. The number of benzene rings is 1. The van der Waals surface area contributed by atoms with Crippen LogP contribution in [0.4, 0.5) is 5.13 Å². The molecule has 1 aromatic heterocycles. The van der Waals surface area contributed by atoms with Crippen LogP contribution in [0.5, 0.6) is 0 Å². The molecule has 0 atom stereocenters. The molecule has 5 heteroatoms. The van der Waals surface area contributed by atoms with Gasteiger partial charge in [-0.05, 0) is 31.9 Å². The van der Waals surface area contributed by atoms with Crippen molar-refractivity contribution in [2.75, 3.05) is 5.32 Å². The van der Waals surface area contributed by atoms with Gasteiger partial charge in [-0.25, -0.2) is 0 Å². The Morgan fingerprint density at radius 2 is 2.10 bits per heavy atom. The minimum atomic E-state index is -0.124. The maximum absolute atomic E-state index is 12.2. The molecule has 0 unspecified atom stereocenters. The number of hydrogen-bond donors (Lipinski definition) is 1. The fourth-order valence-corrected chi connectivity index (χ4v) is 2.74. The second-order valence-electron chi connectivity index (χ2n) is 4.88. The van der Waals surface area contributed by atoms with Gasteiger partial charge in [0.15, 0.2) is 0 Å². The molecule has 2 aromatic rings. The third kappa shape index (κ3) is 3.63. The van der Waals surface area contributed by atoms with E-state index >= 15 is 0 Å². The fourth-order valence-electron chi connectivity index (χ4n) is 1.97. The average molecular weight is 289 g/mol.